The van der Waals surface area contributed by atoms with E-state index in [1.165, 1.54) is 0 Å². The van der Waals surface area contributed by atoms with Gasteiger partial charge in [-0.05, 0) is 43.5 Å². The predicted molar refractivity (Wildman–Crippen MR) is 141 cm³/mol. The summed E-state index contributed by atoms with van der Waals surface area (Å²) in [5.74, 6) is 0.634. The second-order valence-corrected chi connectivity index (χ2v) is 10.2. The summed E-state index contributed by atoms with van der Waals surface area (Å²) in [5.41, 5.74) is 2.00. The van der Waals surface area contributed by atoms with Gasteiger partial charge in [-0.25, -0.2) is 9.78 Å². The number of ether oxygens (including phenoxy) is 2. The summed E-state index contributed by atoms with van der Waals surface area (Å²) < 4.78 is 11.6. The SMILES string of the molecule is COc1ccc(-c2cnc3c(c2)C(=O)N([C@@H](C)CO)C[C@H](C)[C@H](CN(C)C(=O)NC2CCCC2)O3)cc1. The number of hydrogen-bond acceptors (Lipinski definition) is 6. The number of rotatable bonds is 7. The van der Waals surface area contributed by atoms with Gasteiger partial charge in [0.05, 0.1) is 26.3 Å². The monoisotopic (exact) mass is 510 g/mol. The molecular formula is C28H38N4O5. The van der Waals surface area contributed by atoms with E-state index < -0.39 is 0 Å². The van der Waals surface area contributed by atoms with Gasteiger partial charge >= 0.3 is 6.03 Å². The first-order valence-electron chi connectivity index (χ1n) is 13.0. The largest absolute Gasteiger partial charge is 0.497 e. The number of aliphatic hydroxyl groups is 1. The van der Waals surface area contributed by atoms with Gasteiger partial charge in [-0.1, -0.05) is 31.9 Å². The molecule has 3 atom stereocenters. The Balaban J connectivity index is 1.62. The highest BCUT2D eigenvalue weighted by Gasteiger charge is 2.35. The zero-order valence-corrected chi connectivity index (χ0v) is 22.1. The third kappa shape index (κ3) is 6.15. The zero-order chi connectivity index (χ0) is 26.5. The van der Waals surface area contributed by atoms with Crippen LogP contribution < -0.4 is 14.8 Å². The van der Waals surface area contributed by atoms with E-state index in [4.69, 9.17) is 9.47 Å². The van der Waals surface area contributed by atoms with Gasteiger partial charge in [0.15, 0.2) is 0 Å². The summed E-state index contributed by atoms with van der Waals surface area (Å²) in [6.07, 6.45) is 5.61. The van der Waals surface area contributed by atoms with E-state index in [1.54, 1.807) is 36.2 Å². The number of fused-ring (bicyclic) bond motifs is 1. The van der Waals surface area contributed by atoms with Crippen molar-refractivity contribution in [1.82, 2.24) is 20.1 Å². The highest BCUT2D eigenvalue weighted by Crippen LogP contribution is 2.31. The molecule has 0 radical (unpaired) electrons. The molecule has 4 rings (SSSR count). The van der Waals surface area contributed by atoms with Gasteiger partial charge in [0.25, 0.3) is 5.91 Å². The van der Waals surface area contributed by atoms with Crippen LogP contribution in [0.1, 0.15) is 49.9 Å². The third-order valence-electron chi connectivity index (χ3n) is 7.43. The topological polar surface area (TPSA) is 104 Å². The molecule has 1 saturated carbocycles. The fourth-order valence-corrected chi connectivity index (χ4v) is 4.97. The van der Waals surface area contributed by atoms with E-state index in [1.807, 2.05) is 38.1 Å². The lowest BCUT2D eigenvalue weighted by Gasteiger charge is -2.37. The average Bonchev–Trinajstić information content (AvgIpc) is 3.43. The Hall–Kier alpha value is -3.33. The lowest BCUT2D eigenvalue weighted by molar-refractivity contribution is 0.0351. The molecule has 1 aliphatic heterocycles. The van der Waals surface area contributed by atoms with Crippen LogP contribution in [0, 0.1) is 5.92 Å². The number of amides is 3. The van der Waals surface area contributed by atoms with E-state index in [0.717, 1.165) is 42.6 Å². The number of benzene rings is 1. The maximum absolute atomic E-state index is 13.7. The maximum Gasteiger partial charge on any atom is 0.317 e. The van der Waals surface area contributed by atoms with Crippen molar-refractivity contribution in [3.05, 3.63) is 42.1 Å². The second-order valence-electron chi connectivity index (χ2n) is 10.2. The lowest BCUT2D eigenvalue weighted by Crippen LogP contribution is -2.52. The van der Waals surface area contributed by atoms with E-state index in [2.05, 4.69) is 10.3 Å². The molecule has 3 amide bonds. The number of nitrogens with zero attached hydrogens (tertiary/aromatic N) is 3. The number of nitrogens with one attached hydrogen (secondary N) is 1. The van der Waals surface area contributed by atoms with Crippen LogP contribution in [-0.2, 0) is 0 Å². The van der Waals surface area contributed by atoms with Crippen LogP contribution in [0.25, 0.3) is 11.1 Å². The highest BCUT2D eigenvalue weighted by atomic mass is 16.5. The maximum atomic E-state index is 13.7. The zero-order valence-electron chi connectivity index (χ0n) is 22.1. The number of hydrogen-bond donors (Lipinski definition) is 2. The number of likely N-dealkylation sites (N-methyl/N-ethyl adjacent to an activating group) is 1. The fraction of sp³-hybridized carbons (Fsp3) is 0.536. The molecule has 0 saturated heterocycles. The van der Waals surface area contributed by atoms with Gasteiger partial charge < -0.3 is 29.7 Å². The molecule has 200 valence electrons. The van der Waals surface area contributed by atoms with Crippen molar-refractivity contribution in [2.75, 3.05) is 33.9 Å². The normalized spacial score (nSPS) is 20.9. The van der Waals surface area contributed by atoms with Gasteiger partial charge in [0.2, 0.25) is 5.88 Å². The van der Waals surface area contributed by atoms with Crippen molar-refractivity contribution in [3.63, 3.8) is 0 Å². The van der Waals surface area contributed by atoms with Crippen molar-refractivity contribution in [2.24, 2.45) is 5.92 Å². The third-order valence-corrected chi connectivity index (χ3v) is 7.43. The van der Waals surface area contributed by atoms with E-state index in [0.29, 0.717) is 18.7 Å². The summed E-state index contributed by atoms with van der Waals surface area (Å²) in [5, 5.41) is 13.0. The Morgan fingerprint density at radius 2 is 1.97 bits per heavy atom. The van der Waals surface area contributed by atoms with Crippen molar-refractivity contribution in [1.29, 1.82) is 0 Å². The predicted octanol–water partition coefficient (Wildman–Crippen LogP) is 3.56. The van der Waals surface area contributed by atoms with E-state index >= 15 is 0 Å². The minimum Gasteiger partial charge on any atom is -0.497 e. The molecule has 0 bridgehead atoms. The molecule has 1 fully saturated rings. The first-order chi connectivity index (χ1) is 17.8. The molecule has 1 aromatic carbocycles. The summed E-state index contributed by atoms with van der Waals surface area (Å²) in [6.45, 7) is 4.39. The standard InChI is InChI=1S/C28H38N4O5/c1-18-15-32(19(2)17-33)27(34)24-13-21(20-9-11-23(36-4)12-10-20)14-29-26(24)37-25(18)16-31(3)28(35)30-22-7-5-6-8-22/h9-14,18-19,22,25,33H,5-8,15-17H2,1-4H3,(H,30,35)/t18-,19-,25-/m0/s1. The number of carbonyl (C=O) groups is 2. The lowest BCUT2D eigenvalue weighted by atomic mass is 9.99. The molecule has 1 aliphatic carbocycles. The Labute approximate surface area is 218 Å². The molecule has 2 N–H and O–H groups in total. The number of pyridine rings is 1. The van der Waals surface area contributed by atoms with Gasteiger partial charge in [0, 0.05) is 37.3 Å². The first-order valence-corrected chi connectivity index (χ1v) is 13.0. The van der Waals surface area contributed by atoms with Crippen LogP contribution in [0.5, 0.6) is 11.6 Å². The molecule has 1 aromatic heterocycles. The minimum atomic E-state index is -0.390. The van der Waals surface area contributed by atoms with Gasteiger partial charge in [-0.3, -0.25) is 4.79 Å². The summed E-state index contributed by atoms with van der Waals surface area (Å²) in [4.78, 5) is 34.4. The summed E-state index contributed by atoms with van der Waals surface area (Å²) >= 11 is 0. The van der Waals surface area contributed by atoms with Gasteiger partial charge in [-0.15, -0.1) is 0 Å². The van der Waals surface area contributed by atoms with E-state index in [9.17, 15) is 14.7 Å². The molecule has 2 aromatic rings. The molecule has 0 spiro atoms. The molecule has 37 heavy (non-hydrogen) atoms. The highest BCUT2D eigenvalue weighted by molar-refractivity contribution is 5.98. The molecule has 9 nitrogen and oxygen atoms in total. The average molecular weight is 511 g/mol. The van der Waals surface area contributed by atoms with Crippen molar-refractivity contribution >= 4 is 11.9 Å². The van der Waals surface area contributed by atoms with Gasteiger partial charge in [0.1, 0.15) is 17.4 Å². The molecule has 2 aliphatic rings. The molecular weight excluding hydrogens is 472 g/mol. The number of methoxy groups -OCH3 is 1. The number of aliphatic hydroxyl groups excluding tert-OH is 1. The molecule has 2 heterocycles. The fourth-order valence-electron chi connectivity index (χ4n) is 4.97. The van der Waals surface area contributed by atoms with Gasteiger partial charge in [-0.2, -0.15) is 0 Å². The Kier molecular flexibility index (Phi) is 8.53. The molecule has 9 heteroatoms. The van der Waals surface area contributed by atoms with Crippen LogP contribution in [0.3, 0.4) is 0 Å². The molecule has 0 unspecified atom stereocenters. The Bertz CT molecular complexity index is 1090. The van der Waals surface area contributed by atoms with Crippen molar-refractivity contribution in [3.8, 4) is 22.8 Å². The Morgan fingerprint density at radius 1 is 1.27 bits per heavy atom. The minimum absolute atomic E-state index is 0.101. The van der Waals surface area contributed by atoms with Crippen molar-refractivity contribution in [2.45, 2.75) is 57.7 Å². The number of aromatic nitrogens is 1. The van der Waals surface area contributed by atoms with Crippen LogP contribution >= 0.6 is 0 Å². The number of carbonyl (C=O) groups excluding carboxylic acids is 2. The van der Waals surface area contributed by atoms with Crippen LogP contribution in [0.4, 0.5) is 4.79 Å². The second kappa shape index (κ2) is 11.8. The number of urea groups is 1. The first kappa shape index (κ1) is 26.7. The van der Waals surface area contributed by atoms with Crippen LogP contribution in [0.15, 0.2) is 36.5 Å². The summed E-state index contributed by atoms with van der Waals surface area (Å²) in [6, 6.07) is 9.04. The van der Waals surface area contributed by atoms with Crippen molar-refractivity contribution < 1.29 is 24.2 Å². The van der Waals surface area contributed by atoms with Crippen LogP contribution in [0.2, 0.25) is 0 Å². The smallest absolute Gasteiger partial charge is 0.317 e. The summed E-state index contributed by atoms with van der Waals surface area (Å²) in [7, 11) is 3.38. The quantitative estimate of drug-likeness (QED) is 0.590. The Morgan fingerprint density at radius 3 is 2.62 bits per heavy atom. The van der Waals surface area contributed by atoms with E-state index in [-0.39, 0.29) is 48.5 Å². The van der Waals surface area contributed by atoms with Crippen LogP contribution in [-0.4, -0.2) is 83.9 Å².